The molecule has 20 heavy (non-hydrogen) atoms. The summed E-state index contributed by atoms with van der Waals surface area (Å²) in [6, 6.07) is 8.63. The lowest BCUT2D eigenvalue weighted by atomic mass is 10.1. The molecule has 0 saturated carbocycles. The second-order valence-corrected chi connectivity index (χ2v) is 5.92. The first-order valence-corrected chi connectivity index (χ1v) is 7.47. The highest BCUT2D eigenvalue weighted by atomic mass is 79.9. The first-order chi connectivity index (χ1) is 9.56. The Morgan fingerprint density at radius 2 is 2.00 bits per heavy atom. The number of aromatic nitrogens is 4. The van der Waals surface area contributed by atoms with Crippen LogP contribution in [-0.2, 0) is 19.9 Å². The van der Waals surface area contributed by atoms with E-state index in [2.05, 4.69) is 61.8 Å². The fourth-order valence-electron chi connectivity index (χ4n) is 2.43. The van der Waals surface area contributed by atoms with Crippen molar-refractivity contribution in [1.82, 2.24) is 19.2 Å². The van der Waals surface area contributed by atoms with Crippen LogP contribution >= 0.6 is 15.9 Å². The molecule has 0 bridgehead atoms. The lowest BCUT2D eigenvalue weighted by Crippen LogP contribution is -2.01. The molecule has 0 aliphatic rings. The van der Waals surface area contributed by atoms with Gasteiger partial charge in [0.05, 0.1) is 5.69 Å². The summed E-state index contributed by atoms with van der Waals surface area (Å²) in [5.41, 5.74) is 3.62. The summed E-state index contributed by atoms with van der Waals surface area (Å²) in [5, 5.41) is 4.64. The molecule has 104 valence electrons. The Hall–Kier alpha value is -1.62. The first kappa shape index (κ1) is 13.4. The summed E-state index contributed by atoms with van der Waals surface area (Å²) in [4.78, 5) is 4.52. The average molecular weight is 333 g/mol. The van der Waals surface area contributed by atoms with Crippen LogP contribution in [-0.4, -0.2) is 19.2 Å². The highest BCUT2D eigenvalue weighted by molar-refractivity contribution is 9.10. The third-order valence-corrected chi connectivity index (χ3v) is 4.47. The van der Waals surface area contributed by atoms with Crippen LogP contribution in [0.2, 0.25) is 0 Å². The van der Waals surface area contributed by atoms with Gasteiger partial charge in [-0.25, -0.2) is 4.98 Å². The topological polar surface area (TPSA) is 35.1 Å². The normalized spacial score (nSPS) is 11.4. The van der Waals surface area contributed by atoms with Crippen molar-refractivity contribution in [3.63, 3.8) is 0 Å². The van der Waals surface area contributed by atoms with Gasteiger partial charge >= 0.3 is 0 Å². The van der Waals surface area contributed by atoms with Crippen LogP contribution < -0.4 is 0 Å². The van der Waals surface area contributed by atoms with E-state index in [1.165, 1.54) is 11.1 Å². The van der Waals surface area contributed by atoms with Crippen LogP contribution in [0, 0.1) is 13.8 Å². The maximum atomic E-state index is 4.64. The van der Waals surface area contributed by atoms with Gasteiger partial charge in [0.1, 0.15) is 10.4 Å². The van der Waals surface area contributed by atoms with Gasteiger partial charge in [0.2, 0.25) is 5.78 Å². The molecule has 4 nitrogen and oxygen atoms in total. The summed E-state index contributed by atoms with van der Waals surface area (Å²) < 4.78 is 4.86. The van der Waals surface area contributed by atoms with Gasteiger partial charge < -0.3 is 0 Å². The van der Waals surface area contributed by atoms with Crippen molar-refractivity contribution < 1.29 is 0 Å². The molecule has 0 fully saturated rings. The van der Waals surface area contributed by atoms with Crippen LogP contribution in [0.3, 0.4) is 0 Å². The fraction of sp³-hybridized carbons (Fsp3) is 0.333. The summed E-state index contributed by atoms with van der Waals surface area (Å²) in [7, 11) is 2.02. The van der Waals surface area contributed by atoms with E-state index in [0.717, 1.165) is 34.7 Å². The van der Waals surface area contributed by atoms with Crippen molar-refractivity contribution in [2.45, 2.75) is 26.7 Å². The van der Waals surface area contributed by atoms with Gasteiger partial charge in [0.25, 0.3) is 0 Å². The number of aryl methyl sites for hydroxylation is 5. The molecular weight excluding hydrogens is 316 g/mol. The first-order valence-electron chi connectivity index (χ1n) is 6.68. The number of fused-ring (bicyclic) bond motifs is 1. The van der Waals surface area contributed by atoms with Gasteiger partial charge in [0.15, 0.2) is 0 Å². The maximum Gasteiger partial charge on any atom is 0.233 e. The zero-order valence-electron chi connectivity index (χ0n) is 11.9. The SMILES string of the molecule is Cc1cccc(CCc2nn3c(Br)c(C)nc3n2C)c1. The number of halogens is 1. The summed E-state index contributed by atoms with van der Waals surface area (Å²) >= 11 is 3.53. The smallest absolute Gasteiger partial charge is 0.233 e. The zero-order valence-corrected chi connectivity index (χ0v) is 13.5. The monoisotopic (exact) mass is 332 g/mol. The molecule has 2 heterocycles. The summed E-state index contributed by atoms with van der Waals surface area (Å²) in [6.07, 6.45) is 1.90. The molecule has 0 saturated heterocycles. The Labute approximate surface area is 126 Å². The predicted octanol–water partition coefficient (Wildman–Crippen LogP) is 3.23. The number of hydrogen-bond donors (Lipinski definition) is 0. The minimum Gasteiger partial charge on any atom is -0.300 e. The van der Waals surface area contributed by atoms with Gasteiger partial charge in [-0.1, -0.05) is 29.8 Å². The van der Waals surface area contributed by atoms with Gasteiger partial charge in [0, 0.05) is 13.5 Å². The lowest BCUT2D eigenvalue weighted by molar-refractivity contribution is 0.766. The number of hydrogen-bond acceptors (Lipinski definition) is 2. The van der Waals surface area contributed by atoms with E-state index in [9.17, 15) is 0 Å². The third-order valence-electron chi connectivity index (χ3n) is 3.56. The highest BCUT2D eigenvalue weighted by Gasteiger charge is 2.14. The number of rotatable bonds is 3. The quantitative estimate of drug-likeness (QED) is 0.738. The Kier molecular flexibility index (Phi) is 3.38. The number of imidazole rings is 1. The molecule has 0 aliphatic carbocycles. The van der Waals surface area contributed by atoms with Crippen LogP contribution in [0.4, 0.5) is 0 Å². The molecule has 5 heteroatoms. The second-order valence-electron chi connectivity index (χ2n) is 5.16. The Bertz CT molecular complexity index is 770. The van der Waals surface area contributed by atoms with E-state index < -0.39 is 0 Å². The molecule has 0 radical (unpaired) electrons. The third kappa shape index (κ3) is 2.26. The van der Waals surface area contributed by atoms with E-state index in [4.69, 9.17) is 0 Å². The van der Waals surface area contributed by atoms with E-state index in [1.54, 1.807) is 0 Å². The molecule has 0 atom stereocenters. The van der Waals surface area contributed by atoms with Gasteiger partial charge in [-0.3, -0.25) is 4.57 Å². The van der Waals surface area contributed by atoms with E-state index >= 15 is 0 Å². The van der Waals surface area contributed by atoms with Gasteiger partial charge in [-0.2, -0.15) is 9.61 Å². The van der Waals surface area contributed by atoms with Crippen LogP contribution in [0.15, 0.2) is 28.9 Å². The maximum absolute atomic E-state index is 4.64. The number of nitrogens with zero attached hydrogens (tertiary/aromatic N) is 4. The largest absolute Gasteiger partial charge is 0.300 e. The molecule has 0 N–H and O–H groups in total. The van der Waals surface area contributed by atoms with Crippen molar-refractivity contribution in [3.05, 3.63) is 51.5 Å². The number of benzene rings is 1. The van der Waals surface area contributed by atoms with Crippen molar-refractivity contribution in [1.29, 1.82) is 0 Å². The Morgan fingerprint density at radius 3 is 2.70 bits per heavy atom. The average Bonchev–Trinajstić information content (AvgIpc) is 2.87. The van der Waals surface area contributed by atoms with Gasteiger partial charge in [-0.15, -0.1) is 0 Å². The second kappa shape index (κ2) is 5.05. The fourth-order valence-corrected chi connectivity index (χ4v) is 2.76. The Morgan fingerprint density at radius 1 is 1.20 bits per heavy atom. The minimum absolute atomic E-state index is 0.883. The van der Waals surface area contributed by atoms with Crippen LogP contribution in [0.5, 0.6) is 0 Å². The molecule has 0 amide bonds. The molecule has 0 aliphatic heterocycles. The van der Waals surface area contributed by atoms with E-state index in [1.807, 2.05) is 18.5 Å². The molecular formula is C15H17BrN4. The van der Waals surface area contributed by atoms with Crippen molar-refractivity contribution >= 4 is 21.7 Å². The van der Waals surface area contributed by atoms with Crippen LogP contribution in [0.25, 0.3) is 5.78 Å². The summed E-state index contributed by atoms with van der Waals surface area (Å²) in [5.74, 6) is 1.93. The molecule has 2 aromatic heterocycles. The molecule has 0 spiro atoms. The minimum atomic E-state index is 0.883. The predicted molar refractivity (Wildman–Crippen MR) is 83.0 cm³/mol. The van der Waals surface area contributed by atoms with Gasteiger partial charge in [-0.05, 0) is 41.8 Å². The standard InChI is InChI=1S/C15H17BrN4/c1-10-5-4-6-12(9-10)7-8-13-18-20-14(16)11(2)17-15(20)19(13)3/h4-6,9H,7-8H2,1-3H3. The van der Waals surface area contributed by atoms with Crippen LogP contribution in [0.1, 0.15) is 22.6 Å². The van der Waals surface area contributed by atoms with E-state index in [0.29, 0.717) is 0 Å². The van der Waals surface area contributed by atoms with Crippen molar-refractivity contribution in [2.24, 2.45) is 7.05 Å². The van der Waals surface area contributed by atoms with E-state index in [-0.39, 0.29) is 0 Å². The van der Waals surface area contributed by atoms with Crippen molar-refractivity contribution in [2.75, 3.05) is 0 Å². The molecule has 3 rings (SSSR count). The summed E-state index contributed by atoms with van der Waals surface area (Å²) in [6.45, 7) is 4.10. The highest BCUT2D eigenvalue weighted by Crippen LogP contribution is 2.19. The molecule has 1 aromatic carbocycles. The molecule has 0 unspecified atom stereocenters. The molecule has 3 aromatic rings. The zero-order chi connectivity index (χ0) is 14.3. The Balaban J connectivity index is 1.86. The van der Waals surface area contributed by atoms with Crippen molar-refractivity contribution in [3.8, 4) is 0 Å². The lowest BCUT2D eigenvalue weighted by Gasteiger charge is -2.02.